The van der Waals surface area contributed by atoms with Crippen LogP contribution in [0.5, 0.6) is 0 Å². The molecule has 11 aromatic rings. The van der Waals surface area contributed by atoms with Gasteiger partial charge in [0, 0.05) is 55.1 Å². The number of hydrogen-bond acceptors (Lipinski definition) is 2. The van der Waals surface area contributed by atoms with Crippen molar-refractivity contribution in [1.82, 2.24) is 4.57 Å². The molecule has 0 amide bonds. The molecule has 0 N–H and O–H groups in total. The smallest absolute Gasteiger partial charge is 0.135 e. The van der Waals surface area contributed by atoms with Gasteiger partial charge in [-0.15, -0.1) is 0 Å². The molecule has 0 fully saturated rings. The molecule has 3 heteroatoms. The molecule has 0 atom stereocenters. The van der Waals surface area contributed by atoms with Gasteiger partial charge in [0.2, 0.25) is 0 Å². The second-order valence-corrected chi connectivity index (χ2v) is 16.5. The van der Waals surface area contributed by atoms with Crippen molar-refractivity contribution in [2.45, 2.75) is 19.3 Å². The predicted molar refractivity (Wildman–Crippen MR) is 251 cm³/mol. The summed E-state index contributed by atoms with van der Waals surface area (Å²) in [5.41, 5.74) is 18.5. The Labute approximate surface area is 349 Å². The minimum atomic E-state index is -0.154. The Bertz CT molecular complexity index is 3450. The molecule has 0 saturated heterocycles. The fourth-order valence-electron chi connectivity index (χ4n) is 9.93. The molecule has 0 aliphatic heterocycles. The van der Waals surface area contributed by atoms with E-state index in [9.17, 15) is 0 Å². The third-order valence-corrected chi connectivity index (χ3v) is 12.8. The van der Waals surface area contributed by atoms with E-state index in [-0.39, 0.29) is 5.41 Å². The van der Waals surface area contributed by atoms with Gasteiger partial charge in [-0.25, -0.2) is 0 Å². The van der Waals surface area contributed by atoms with Gasteiger partial charge in [-0.3, -0.25) is 0 Å². The van der Waals surface area contributed by atoms with Crippen LogP contribution in [0.3, 0.4) is 0 Å². The summed E-state index contributed by atoms with van der Waals surface area (Å²) in [4.78, 5) is 2.39. The van der Waals surface area contributed by atoms with Crippen molar-refractivity contribution in [2.24, 2.45) is 0 Å². The number of hydrogen-bond donors (Lipinski definition) is 0. The van der Waals surface area contributed by atoms with Gasteiger partial charge in [-0.05, 0) is 88.0 Å². The van der Waals surface area contributed by atoms with E-state index in [0.717, 1.165) is 44.5 Å². The third kappa shape index (κ3) is 5.15. The number of anilines is 3. The molecule has 3 nitrogen and oxygen atoms in total. The number of benzene rings is 9. The molecule has 284 valence electrons. The van der Waals surface area contributed by atoms with Gasteiger partial charge in [-0.1, -0.05) is 166 Å². The lowest BCUT2D eigenvalue weighted by molar-refractivity contribution is 0.660. The molecule has 1 aliphatic carbocycles. The second-order valence-electron chi connectivity index (χ2n) is 16.5. The van der Waals surface area contributed by atoms with Crippen molar-refractivity contribution >= 4 is 60.8 Å². The highest BCUT2D eigenvalue weighted by molar-refractivity contribution is 6.12. The SMILES string of the molecule is CC1(C)c2ccccc2-c2c1ccc(-c1ccccc1)c2-n1c2ccccc2c2ccc(N(c3ccc(-c4ccccc4)cc3)c3ccc4oc5ccccc5c4c3)cc21. The van der Waals surface area contributed by atoms with Crippen LogP contribution in [0, 0.1) is 0 Å². The van der Waals surface area contributed by atoms with Crippen LogP contribution in [-0.4, -0.2) is 4.57 Å². The fraction of sp³-hybridized carbons (Fsp3) is 0.0526. The quantitative estimate of drug-likeness (QED) is 0.168. The fourth-order valence-corrected chi connectivity index (χ4v) is 9.93. The van der Waals surface area contributed by atoms with E-state index in [1.807, 2.05) is 12.1 Å². The maximum atomic E-state index is 6.32. The van der Waals surface area contributed by atoms with Crippen LogP contribution in [0.1, 0.15) is 25.0 Å². The first-order valence-electron chi connectivity index (χ1n) is 20.8. The molecule has 12 rings (SSSR count). The summed E-state index contributed by atoms with van der Waals surface area (Å²) in [5, 5.41) is 4.65. The van der Waals surface area contributed by atoms with E-state index in [1.54, 1.807) is 0 Å². The maximum Gasteiger partial charge on any atom is 0.135 e. The zero-order chi connectivity index (χ0) is 40.0. The highest BCUT2D eigenvalue weighted by atomic mass is 16.3. The minimum absolute atomic E-state index is 0.154. The van der Waals surface area contributed by atoms with Crippen molar-refractivity contribution in [2.75, 3.05) is 4.90 Å². The van der Waals surface area contributed by atoms with Crippen molar-refractivity contribution < 1.29 is 4.42 Å². The number of fused-ring (bicyclic) bond motifs is 9. The third-order valence-electron chi connectivity index (χ3n) is 12.8. The number of nitrogens with zero attached hydrogens (tertiary/aromatic N) is 2. The summed E-state index contributed by atoms with van der Waals surface area (Å²) in [6.45, 7) is 4.74. The first kappa shape index (κ1) is 34.4. The summed E-state index contributed by atoms with van der Waals surface area (Å²) >= 11 is 0. The Morgan fingerprint density at radius 1 is 0.400 bits per heavy atom. The van der Waals surface area contributed by atoms with Gasteiger partial charge in [0.1, 0.15) is 11.2 Å². The number of aromatic nitrogens is 1. The van der Waals surface area contributed by atoms with Gasteiger partial charge in [0.25, 0.3) is 0 Å². The Balaban J connectivity index is 1.15. The van der Waals surface area contributed by atoms with Crippen molar-refractivity contribution in [3.05, 3.63) is 217 Å². The molecule has 2 aromatic heterocycles. The Hall–Kier alpha value is -7.62. The highest BCUT2D eigenvalue weighted by Crippen LogP contribution is 2.54. The van der Waals surface area contributed by atoms with Crippen LogP contribution in [0.15, 0.2) is 211 Å². The summed E-state index contributed by atoms with van der Waals surface area (Å²) in [6, 6.07) is 75.0. The van der Waals surface area contributed by atoms with Crippen molar-refractivity contribution in [1.29, 1.82) is 0 Å². The number of rotatable bonds is 6. The zero-order valence-electron chi connectivity index (χ0n) is 33.4. The Morgan fingerprint density at radius 2 is 1.00 bits per heavy atom. The molecule has 0 saturated carbocycles. The normalized spacial score (nSPS) is 13.0. The van der Waals surface area contributed by atoms with E-state index in [2.05, 4.69) is 217 Å². The molecule has 2 heterocycles. The summed E-state index contributed by atoms with van der Waals surface area (Å²) in [5.74, 6) is 0. The van der Waals surface area contributed by atoms with E-state index in [1.165, 1.54) is 66.5 Å². The molecule has 1 aliphatic rings. The lowest BCUT2D eigenvalue weighted by atomic mass is 9.82. The topological polar surface area (TPSA) is 21.3 Å². The second kappa shape index (κ2) is 13.2. The van der Waals surface area contributed by atoms with Gasteiger partial charge in [0.05, 0.1) is 16.7 Å². The number of para-hydroxylation sites is 2. The van der Waals surface area contributed by atoms with Crippen LogP contribution < -0.4 is 4.90 Å². The molecule has 0 unspecified atom stereocenters. The highest BCUT2D eigenvalue weighted by Gasteiger charge is 2.38. The van der Waals surface area contributed by atoms with Gasteiger partial charge in [0.15, 0.2) is 0 Å². The van der Waals surface area contributed by atoms with E-state index < -0.39 is 0 Å². The Morgan fingerprint density at radius 3 is 1.82 bits per heavy atom. The standard InChI is InChI=1S/C57H40N2O/c1-57(2)49-22-12-9-21-47(49)55-50(57)33-32-43(39-17-7-4-8-18-39)56(55)59-51-23-13-10-19-44(51)45-31-29-42(36-52(45)59)58(40-27-25-38(26-28-40)37-15-5-3-6-16-37)41-30-34-54-48(35-41)46-20-11-14-24-53(46)60-54/h3-36H,1-2H3. The monoisotopic (exact) mass is 768 g/mol. The minimum Gasteiger partial charge on any atom is -0.456 e. The van der Waals surface area contributed by atoms with Gasteiger partial charge >= 0.3 is 0 Å². The van der Waals surface area contributed by atoms with Crippen LogP contribution in [0.2, 0.25) is 0 Å². The first-order valence-corrected chi connectivity index (χ1v) is 20.8. The van der Waals surface area contributed by atoms with Crippen LogP contribution in [0.4, 0.5) is 17.1 Å². The van der Waals surface area contributed by atoms with Gasteiger partial charge in [-0.2, -0.15) is 0 Å². The molecular weight excluding hydrogens is 729 g/mol. The van der Waals surface area contributed by atoms with E-state index in [0.29, 0.717) is 0 Å². The molecule has 0 spiro atoms. The lowest BCUT2D eigenvalue weighted by Gasteiger charge is -2.26. The van der Waals surface area contributed by atoms with Crippen molar-refractivity contribution in [3.63, 3.8) is 0 Å². The average molecular weight is 769 g/mol. The van der Waals surface area contributed by atoms with Crippen LogP contribution in [0.25, 0.3) is 82.8 Å². The predicted octanol–water partition coefficient (Wildman–Crippen LogP) is 15.8. The molecular formula is C57H40N2O. The van der Waals surface area contributed by atoms with Crippen molar-refractivity contribution in [3.8, 4) is 39.1 Å². The summed E-state index contributed by atoms with van der Waals surface area (Å²) in [7, 11) is 0. The van der Waals surface area contributed by atoms with Crippen LogP contribution >= 0.6 is 0 Å². The summed E-state index contributed by atoms with van der Waals surface area (Å²) in [6.07, 6.45) is 0. The molecule has 60 heavy (non-hydrogen) atoms. The van der Waals surface area contributed by atoms with Crippen LogP contribution in [-0.2, 0) is 5.41 Å². The first-order chi connectivity index (χ1) is 29.5. The molecule has 9 aromatic carbocycles. The number of furan rings is 1. The summed E-state index contributed by atoms with van der Waals surface area (Å²) < 4.78 is 8.87. The van der Waals surface area contributed by atoms with E-state index >= 15 is 0 Å². The maximum absolute atomic E-state index is 6.32. The van der Waals surface area contributed by atoms with E-state index in [4.69, 9.17) is 4.42 Å². The lowest BCUT2D eigenvalue weighted by Crippen LogP contribution is -2.15. The molecule has 0 radical (unpaired) electrons. The van der Waals surface area contributed by atoms with Gasteiger partial charge < -0.3 is 13.9 Å². The zero-order valence-corrected chi connectivity index (χ0v) is 33.4. The molecule has 0 bridgehead atoms. The largest absolute Gasteiger partial charge is 0.456 e. The average Bonchev–Trinajstić information content (AvgIpc) is 3.92. The Kier molecular flexibility index (Phi) is 7.58.